The van der Waals surface area contributed by atoms with E-state index in [0.717, 1.165) is 30.8 Å². The van der Waals surface area contributed by atoms with Crippen molar-refractivity contribution in [2.45, 2.75) is 38.9 Å². The number of nitriles is 1. The van der Waals surface area contributed by atoms with Gasteiger partial charge < -0.3 is 15.1 Å². The molecule has 5 rings (SSSR count). The van der Waals surface area contributed by atoms with E-state index in [4.69, 9.17) is 4.98 Å². The molecule has 2 aliphatic heterocycles. The summed E-state index contributed by atoms with van der Waals surface area (Å²) in [7, 11) is 0. The predicted octanol–water partition coefficient (Wildman–Crippen LogP) is 2.58. The molecule has 0 aromatic carbocycles. The maximum Gasteiger partial charge on any atom is 0.225 e. The van der Waals surface area contributed by atoms with Gasteiger partial charge in [0, 0.05) is 61.9 Å². The molecule has 0 amide bonds. The Morgan fingerprint density at radius 1 is 1.21 bits per heavy atom. The number of aromatic nitrogens is 4. The molecule has 5 heterocycles. The number of fused-ring (bicyclic) bond motifs is 1. The van der Waals surface area contributed by atoms with Crippen LogP contribution in [0.4, 0.5) is 11.8 Å². The zero-order valence-corrected chi connectivity index (χ0v) is 19.5. The van der Waals surface area contributed by atoms with E-state index in [-0.39, 0.29) is 5.78 Å². The van der Waals surface area contributed by atoms with Crippen molar-refractivity contribution in [1.29, 1.82) is 5.26 Å². The molecule has 9 nitrogen and oxygen atoms in total. The summed E-state index contributed by atoms with van der Waals surface area (Å²) < 4.78 is 0. The van der Waals surface area contributed by atoms with Gasteiger partial charge in [0.15, 0.2) is 5.78 Å². The highest BCUT2D eigenvalue weighted by atomic mass is 16.1. The van der Waals surface area contributed by atoms with Crippen molar-refractivity contribution in [2.75, 3.05) is 29.4 Å². The van der Waals surface area contributed by atoms with E-state index in [1.165, 1.54) is 0 Å². The van der Waals surface area contributed by atoms with Crippen molar-refractivity contribution in [3.05, 3.63) is 59.7 Å². The zero-order valence-electron chi connectivity index (χ0n) is 19.5. The van der Waals surface area contributed by atoms with E-state index >= 15 is 0 Å². The van der Waals surface area contributed by atoms with Gasteiger partial charge in [-0.3, -0.25) is 4.79 Å². The van der Waals surface area contributed by atoms with Crippen LogP contribution in [-0.4, -0.2) is 56.9 Å². The van der Waals surface area contributed by atoms with Crippen LogP contribution in [0.25, 0.3) is 11.3 Å². The quantitative estimate of drug-likeness (QED) is 0.636. The fourth-order valence-corrected chi connectivity index (χ4v) is 4.55. The van der Waals surface area contributed by atoms with Gasteiger partial charge in [0.2, 0.25) is 5.95 Å². The Morgan fingerprint density at radius 3 is 2.74 bits per heavy atom. The second-order valence-electron chi connectivity index (χ2n) is 9.24. The monoisotopic (exact) mass is 454 g/mol. The maximum atomic E-state index is 13.2. The third-order valence-electron chi connectivity index (χ3n) is 6.52. The molecule has 172 valence electrons. The number of rotatable bonds is 4. The number of ketones is 1. The maximum absolute atomic E-state index is 13.2. The molecular weight excluding hydrogens is 428 g/mol. The van der Waals surface area contributed by atoms with Crippen LogP contribution in [-0.2, 0) is 6.54 Å². The fourth-order valence-electron chi connectivity index (χ4n) is 4.55. The fraction of sp³-hybridized carbons (Fsp3) is 0.360. The molecule has 0 unspecified atom stereocenters. The number of pyridine rings is 2. The first-order chi connectivity index (χ1) is 16.4. The average Bonchev–Trinajstić information content (AvgIpc) is 3.04. The Balaban J connectivity index is 1.47. The normalized spacial score (nSPS) is 19.1. The molecule has 0 saturated carbocycles. The molecule has 3 aromatic rings. The molecular formula is C25H26N8O. The van der Waals surface area contributed by atoms with Crippen LogP contribution < -0.4 is 15.1 Å². The second kappa shape index (κ2) is 8.47. The number of hydrogen-bond donors (Lipinski definition) is 1. The van der Waals surface area contributed by atoms with Crippen LogP contribution >= 0.6 is 0 Å². The lowest BCUT2D eigenvalue weighted by atomic mass is 9.97. The molecule has 2 aliphatic rings. The Bertz CT molecular complexity index is 1280. The van der Waals surface area contributed by atoms with E-state index in [1.54, 1.807) is 24.7 Å². The van der Waals surface area contributed by atoms with Gasteiger partial charge in [0.1, 0.15) is 17.6 Å². The van der Waals surface area contributed by atoms with Crippen molar-refractivity contribution < 1.29 is 4.79 Å². The number of piperazine rings is 1. The number of nitrogens with one attached hydrogen (secondary N) is 1. The van der Waals surface area contributed by atoms with Gasteiger partial charge in [0.25, 0.3) is 0 Å². The number of Topliss-reactive ketones (excluding diaryl/α,β-unsaturated/α-hetero) is 1. The summed E-state index contributed by atoms with van der Waals surface area (Å²) in [6, 6.07) is 9.84. The average molecular weight is 455 g/mol. The zero-order chi connectivity index (χ0) is 23.9. The lowest BCUT2D eigenvalue weighted by Gasteiger charge is -2.32. The molecule has 1 N–H and O–H groups in total. The lowest BCUT2D eigenvalue weighted by Crippen LogP contribution is -2.49. The van der Waals surface area contributed by atoms with Crippen molar-refractivity contribution >= 4 is 17.5 Å². The van der Waals surface area contributed by atoms with Gasteiger partial charge in [-0.2, -0.15) is 5.26 Å². The minimum absolute atomic E-state index is 0.00312. The number of carbonyl (C=O) groups excluding carboxylic acids is 1. The predicted molar refractivity (Wildman–Crippen MR) is 128 cm³/mol. The van der Waals surface area contributed by atoms with Gasteiger partial charge in [0.05, 0.1) is 16.8 Å². The van der Waals surface area contributed by atoms with E-state index in [2.05, 4.69) is 38.2 Å². The molecule has 1 fully saturated rings. The first kappa shape index (κ1) is 21.9. The Labute approximate surface area is 198 Å². The summed E-state index contributed by atoms with van der Waals surface area (Å²) in [6.07, 6.45) is 5.16. The summed E-state index contributed by atoms with van der Waals surface area (Å²) in [5, 5.41) is 12.9. The summed E-state index contributed by atoms with van der Waals surface area (Å²) in [5.41, 5.74) is 2.36. The van der Waals surface area contributed by atoms with Crippen molar-refractivity contribution in [3.8, 4) is 17.3 Å². The van der Waals surface area contributed by atoms with Gasteiger partial charge in [-0.1, -0.05) is 6.07 Å². The number of nitrogens with zero attached hydrogens (tertiary/aromatic N) is 7. The molecule has 0 aliphatic carbocycles. The standard InChI is InChI=1S/C25H26N8O/c1-16-14-32(10-9-27-16)24-29-12-18(13-30-24)20-7-6-19-22(34)25(2,3)33(23(19)31-20)15-17-5-4-8-28-21(17)11-26/h4-8,12-13,16,27H,9-10,14-15H2,1-3H3/t16-/m1/s1. The smallest absolute Gasteiger partial charge is 0.225 e. The second-order valence-corrected chi connectivity index (χ2v) is 9.24. The molecule has 0 bridgehead atoms. The Kier molecular flexibility index (Phi) is 5.46. The topological polar surface area (TPSA) is 111 Å². The van der Waals surface area contributed by atoms with Crippen LogP contribution in [0.1, 0.15) is 42.4 Å². The Morgan fingerprint density at radius 2 is 2.00 bits per heavy atom. The van der Waals surface area contributed by atoms with E-state index < -0.39 is 5.54 Å². The molecule has 1 atom stereocenters. The molecule has 3 aromatic heterocycles. The van der Waals surface area contributed by atoms with Gasteiger partial charge in [-0.25, -0.2) is 19.9 Å². The molecule has 0 spiro atoms. The van der Waals surface area contributed by atoms with Gasteiger partial charge in [-0.05, 0) is 39.0 Å². The number of carbonyl (C=O) groups is 1. The van der Waals surface area contributed by atoms with Crippen LogP contribution in [0.5, 0.6) is 0 Å². The minimum Gasteiger partial charge on any atom is -0.339 e. The third kappa shape index (κ3) is 3.76. The molecule has 34 heavy (non-hydrogen) atoms. The highest BCUT2D eigenvalue weighted by Gasteiger charge is 2.45. The van der Waals surface area contributed by atoms with Crippen molar-refractivity contribution in [3.63, 3.8) is 0 Å². The summed E-state index contributed by atoms with van der Waals surface area (Å²) >= 11 is 0. The highest BCUT2D eigenvalue weighted by Crippen LogP contribution is 2.39. The van der Waals surface area contributed by atoms with Crippen LogP contribution in [0, 0.1) is 11.3 Å². The lowest BCUT2D eigenvalue weighted by molar-refractivity contribution is 0.0923. The third-order valence-corrected chi connectivity index (χ3v) is 6.52. The van der Waals surface area contributed by atoms with E-state index in [9.17, 15) is 10.1 Å². The number of hydrogen-bond acceptors (Lipinski definition) is 9. The Hall–Kier alpha value is -3.90. The summed E-state index contributed by atoms with van der Waals surface area (Å²) in [5.74, 6) is 1.31. The minimum atomic E-state index is -0.796. The molecule has 0 radical (unpaired) electrons. The largest absolute Gasteiger partial charge is 0.339 e. The van der Waals surface area contributed by atoms with Crippen molar-refractivity contribution in [1.82, 2.24) is 25.3 Å². The van der Waals surface area contributed by atoms with Crippen LogP contribution in [0.3, 0.4) is 0 Å². The molecule has 9 heteroatoms. The van der Waals surface area contributed by atoms with Gasteiger partial charge in [-0.15, -0.1) is 0 Å². The summed E-state index contributed by atoms with van der Waals surface area (Å²) in [6.45, 7) is 8.90. The van der Waals surface area contributed by atoms with E-state index in [0.29, 0.717) is 41.3 Å². The SMILES string of the molecule is C[C@@H]1CN(c2ncc(-c3ccc4c(n3)N(Cc3cccnc3C#N)C(C)(C)C4=O)cn2)CCN1. The number of anilines is 2. The summed E-state index contributed by atoms with van der Waals surface area (Å²) in [4.78, 5) is 35.5. The molecule has 1 saturated heterocycles. The van der Waals surface area contributed by atoms with Gasteiger partial charge >= 0.3 is 0 Å². The van der Waals surface area contributed by atoms with Crippen LogP contribution in [0.2, 0.25) is 0 Å². The highest BCUT2D eigenvalue weighted by molar-refractivity contribution is 6.12. The first-order valence-corrected chi connectivity index (χ1v) is 11.4. The first-order valence-electron chi connectivity index (χ1n) is 11.4. The van der Waals surface area contributed by atoms with Crippen LogP contribution in [0.15, 0.2) is 42.9 Å². The van der Waals surface area contributed by atoms with E-state index in [1.807, 2.05) is 36.9 Å². The van der Waals surface area contributed by atoms with Crippen molar-refractivity contribution in [2.24, 2.45) is 0 Å².